The minimum atomic E-state index is -1.10. The van der Waals surface area contributed by atoms with Crippen LogP contribution >= 0.6 is 15.9 Å². The number of nitrogens with zero attached hydrogens (tertiary/aromatic N) is 1. The van der Waals surface area contributed by atoms with Gasteiger partial charge < -0.3 is 19.7 Å². The minimum Gasteiger partial charge on any atom is -0.479 e. The van der Waals surface area contributed by atoms with Gasteiger partial charge in [0.05, 0.1) is 22.7 Å². The normalized spacial score (nSPS) is 22.6. The highest BCUT2D eigenvalue weighted by molar-refractivity contribution is 9.10. The maximum Gasteiger partial charge on any atom is 0.334 e. The van der Waals surface area contributed by atoms with Crippen LogP contribution in [0, 0.1) is 0 Å². The molecule has 1 aromatic rings. The molecule has 1 fully saturated rings. The summed E-state index contributed by atoms with van der Waals surface area (Å²) >= 11 is 3.05. The van der Waals surface area contributed by atoms with Crippen molar-refractivity contribution in [2.75, 3.05) is 13.1 Å². The summed E-state index contributed by atoms with van der Waals surface area (Å²) in [7, 11) is 0. The quantitative estimate of drug-likeness (QED) is 0.811. The van der Waals surface area contributed by atoms with Crippen molar-refractivity contribution in [1.29, 1.82) is 0 Å². The molecule has 1 aliphatic heterocycles. The third kappa shape index (κ3) is 3.07. The van der Waals surface area contributed by atoms with E-state index < -0.39 is 12.1 Å². The van der Waals surface area contributed by atoms with E-state index in [9.17, 15) is 14.4 Å². The molecule has 1 saturated heterocycles. The number of nitrogens with one attached hydrogen (secondary N) is 1. The molecular formula is C12H13BrN2O5. The first-order chi connectivity index (χ1) is 9.38. The highest BCUT2D eigenvalue weighted by Gasteiger charge is 2.33. The summed E-state index contributed by atoms with van der Waals surface area (Å²) in [4.78, 5) is 38.4. The lowest BCUT2D eigenvalue weighted by molar-refractivity contribution is -0.160. The Morgan fingerprint density at radius 3 is 2.80 bits per heavy atom. The van der Waals surface area contributed by atoms with Gasteiger partial charge in [-0.05, 0) is 28.9 Å². The van der Waals surface area contributed by atoms with Gasteiger partial charge in [-0.1, -0.05) is 0 Å². The number of ether oxygens (including phenoxy) is 1. The number of carbonyl (C=O) groups excluding carboxylic acids is 1. The Balaban J connectivity index is 2.21. The summed E-state index contributed by atoms with van der Waals surface area (Å²) in [6, 6.07) is 1.41. The number of H-pyrrole nitrogens is 1. The molecule has 1 amide bonds. The van der Waals surface area contributed by atoms with Gasteiger partial charge in [0, 0.05) is 12.7 Å². The number of hydrogen-bond donors (Lipinski definition) is 2. The van der Waals surface area contributed by atoms with Crippen LogP contribution in [-0.2, 0) is 9.53 Å². The number of hydrogen-bond acceptors (Lipinski definition) is 4. The summed E-state index contributed by atoms with van der Waals surface area (Å²) in [5.74, 6) is -1.44. The van der Waals surface area contributed by atoms with Gasteiger partial charge >= 0.3 is 5.97 Å². The molecule has 8 heteroatoms. The molecule has 0 saturated carbocycles. The lowest BCUT2D eigenvalue weighted by atomic mass is 10.1. The van der Waals surface area contributed by atoms with Crippen LogP contribution in [0.2, 0.25) is 0 Å². The maximum atomic E-state index is 12.3. The molecule has 1 aromatic heterocycles. The number of carboxylic acid groups (broad SMARTS) is 1. The van der Waals surface area contributed by atoms with Crippen molar-refractivity contribution in [3.63, 3.8) is 0 Å². The summed E-state index contributed by atoms with van der Waals surface area (Å²) in [6.07, 6.45) is -0.0837. The zero-order chi connectivity index (χ0) is 14.9. The van der Waals surface area contributed by atoms with E-state index in [0.29, 0.717) is 6.54 Å². The van der Waals surface area contributed by atoms with E-state index in [0.717, 1.165) is 0 Å². The van der Waals surface area contributed by atoms with E-state index >= 15 is 0 Å². The largest absolute Gasteiger partial charge is 0.479 e. The number of amides is 1. The second-order valence-electron chi connectivity index (χ2n) is 4.55. The Morgan fingerprint density at radius 2 is 2.20 bits per heavy atom. The van der Waals surface area contributed by atoms with E-state index in [-0.39, 0.29) is 34.2 Å². The second-order valence-corrected chi connectivity index (χ2v) is 5.40. The van der Waals surface area contributed by atoms with E-state index in [1.54, 1.807) is 6.92 Å². The topological polar surface area (TPSA) is 99.7 Å². The van der Waals surface area contributed by atoms with Crippen LogP contribution in [0.1, 0.15) is 17.3 Å². The zero-order valence-electron chi connectivity index (χ0n) is 10.6. The van der Waals surface area contributed by atoms with Crippen LogP contribution in [-0.4, -0.2) is 52.2 Å². The Hall–Kier alpha value is -1.67. The molecule has 1 unspecified atom stereocenters. The minimum absolute atomic E-state index is 0.0186. The number of aromatic amines is 1. The van der Waals surface area contributed by atoms with Gasteiger partial charge in [0.25, 0.3) is 11.5 Å². The molecule has 20 heavy (non-hydrogen) atoms. The Bertz CT molecular complexity index is 600. The smallest absolute Gasteiger partial charge is 0.334 e. The highest BCUT2D eigenvalue weighted by Crippen LogP contribution is 2.15. The predicted octanol–water partition coefficient (Wildman–Crippen LogP) is 0.452. The monoisotopic (exact) mass is 344 g/mol. The molecule has 0 aliphatic carbocycles. The molecule has 7 nitrogen and oxygen atoms in total. The number of halogens is 1. The van der Waals surface area contributed by atoms with E-state index in [1.807, 2.05) is 0 Å². The number of morpholine rings is 1. The summed E-state index contributed by atoms with van der Waals surface area (Å²) < 4.78 is 5.50. The summed E-state index contributed by atoms with van der Waals surface area (Å²) in [5, 5.41) is 8.99. The first-order valence-electron chi connectivity index (χ1n) is 5.94. The molecule has 0 bridgehead atoms. The maximum absolute atomic E-state index is 12.3. The zero-order valence-corrected chi connectivity index (χ0v) is 12.2. The molecule has 2 heterocycles. The van der Waals surface area contributed by atoms with Gasteiger partial charge in [-0.25, -0.2) is 4.79 Å². The number of rotatable bonds is 2. The van der Waals surface area contributed by atoms with Gasteiger partial charge in [-0.3, -0.25) is 9.59 Å². The summed E-state index contributed by atoms with van der Waals surface area (Å²) in [6.45, 7) is 1.99. The van der Waals surface area contributed by atoms with Crippen molar-refractivity contribution in [3.05, 3.63) is 32.7 Å². The molecule has 0 aromatic carbocycles. The van der Waals surface area contributed by atoms with Crippen molar-refractivity contribution in [2.24, 2.45) is 0 Å². The molecular weight excluding hydrogens is 332 g/mol. The average molecular weight is 345 g/mol. The average Bonchev–Trinajstić information content (AvgIpc) is 2.40. The molecule has 2 rings (SSSR count). The first-order valence-corrected chi connectivity index (χ1v) is 6.73. The molecule has 0 spiro atoms. The van der Waals surface area contributed by atoms with E-state index in [4.69, 9.17) is 9.84 Å². The lowest BCUT2D eigenvalue weighted by Gasteiger charge is -2.34. The molecule has 2 N–H and O–H groups in total. The fourth-order valence-electron chi connectivity index (χ4n) is 2.02. The number of aromatic nitrogens is 1. The first kappa shape index (κ1) is 14.7. The van der Waals surface area contributed by atoms with Crippen LogP contribution < -0.4 is 5.56 Å². The third-order valence-corrected chi connectivity index (χ3v) is 3.52. The van der Waals surface area contributed by atoms with E-state index in [1.165, 1.54) is 17.2 Å². The van der Waals surface area contributed by atoms with Crippen LogP contribution in [0.5, 0.6) is 0 Å². The van der Waals surface area contributed by atoms with Crippen molar-refractivity contribution < 1.29 is 19.4 Å². The van der Waals surface area contributed by atoms with Gasteiger partial charge in [0.2, 0.25) is 0 Å². The van der Waals surface area contributed by atoms with E-state index in [2.05, 4.69) is 20.9 Å². The number of carbonyl (C=O) groups is 2. The number of pyridine rings is 1. The van der Waals surface area contributed by atoms with Gasteiger partial charge in [0.1, 0.15) is 0 Å². The SMILES string of the molecule is C[C@@H]1CN(C(=O)c2c[nH]c(=O)c(Br)c2)CC(C(=O)O)O1. The fraction of sp³-hybridized carbons (Fsp3) is 0.417. The van der Waals surface area contributed by atoms with Crippen molar-refractivity contribution >= 4 is 27.8 Å². The van der Waals surface area contributed by atoms with Crippen LogP contribution in [0.15, 0.2) is 21.5 Å². The number of carboxylic acids is 1. The Kier molecular flexibility index (Phi) is 4.24. The fourth-order valence-corrected chi connectivity index (χ4v) is 2.38. The second kappa shape index (κ2) is 5.76. The van der Waals surface area contributed by atoms with Crippen molar-refractivity contribution in [1.82, 2.24) is 9.88 Å². The van der Waals surface area contributed by atoms with Crippen LogP contribution in [0.3, 0.4) is 0 Å². The molecule has 1 aliphatic rings. The molecule has 108 valence electrons. The highest BCUT2D eigenvalue weighted by atomic mass is 79.9. The van der Waals surface area contributed by atoms with Crippen LogP contribution in [0.4, 0.5) is 0 Å². The molecule has 2 atom stereocenters. The van der Waals surface area contributed by atoms with Gasteiger partial charge in [-0.15, -0.1) is 0 Å². The van der Waals surface area contributed by atoms with Crippen molar-refractivity contribution in [3.8, 4) is 0 Å². The third-order valence-electron chi connectivity index (χ3n) is 2.93. The summed E-state index contributed by atoms with van der Waals surface area (Å²) in [5.41, 5.74) is -0.0463. The van der Waals surface area contributed by atoms with Gasteiger partial charge in [-0.2, -0.15) is 0 Å². The van der Waals surface area contributed by atoms with Gasteiger partial charge in [0.15, 0.2) is 6.10 Å². The Labute approximate surface area is 122 Å². The Morgan fingerprint density at radius 1 is 1.50 bits per heavy atom. The predicted molar refractivity (Wildman–Crippen MR) is 72.6 cm³/mol. The molecule has 0 radical (unpaired) electrons. The standard InChI is InChI=1S/C12H13BrN2O5/c1-6-4-15(5-9(20-6)12(18)19)11(17)7-2-8(13)10(16)14-3-7/h2-3,6,9H,4-5H2,1H3,(H,14,16)(H,18,19)/t6-,9?/m1/s1. The van der Waals surface area contributed by atoms with Crippen molar-refractivity contribution in [2.45, 2.75) is 19.1 Å². The lowest BCUT2D eigenvalue weighted by Crippen LogP contribution is -2.51. The number of aliphatic carboxylic acids is 1. The van der Waals surface area contributed by atoms with Crippen LogP contribution in [0.25, 0.3) is 0 Å².